The van der Waals surface area contributed by atoms with Gasteiger partial charge in [0, 0.05) is 19.0 Å². The molecule has 0 aliphatic heterocycles. The third-order valence-electron chi connectivity index (χ3n) is 4.19. The zero-order valence-corrected chi connectivity index (χ0v) is 18.9. The number of carbonyl (C=O) groups is 1. The molecule has 0 heterocycles. The lowest BCUT2D eigenvalue weighted by Gasteiger charge is -2.20. The second kappa shape index (κ2) is 11.8. The lowest BCUT2D eigenvalue weighted by atomic mass is 10.00. The fourth-order valence-corrected chi connectivity index (χ4v) is 2.78. The smallest absolute Gasteiger partial charge is 0.222 e. The molecule has 0 fully saturated rings. The van der Waals surface area contributed by atoms with Crippen molar-refractivity contribution in [2.45, 2.75) is 33.7 Å². The maximum Gasteiger partial charge on any atom is 0.222 e. The Balaban J connectivity index is 0.00000364. The van der Waals surface area contributed by atoms with Gasteiger partial charge in [0.1, 0.15) is 0 Å². The van der Waals surface area contributed by atoms with Crippen molar-refractivity contribution in [3.05, 3.63) is 48.0 Å². The van der Waals surface area contributed by atoms with E-state index in [1.807, 2.05) is 20.8 Å². The minimum atomic E-state index is -0.00303. The van der Waals surface area contributed by atoms with E-state index in [2.05, 4.69) is 70.3 Å². The zero-order chi connectivity index (χ0) is 18.9. The minimum absolute atomic E-state index is 0. The van der Waals surface area contributed by atoms with Gasteiger partial charge >= 0.3 is 0 Å². The van der Waals surface area contributed by atoms with E-state index in [0.29, 0.717) is 13.1 Å². The number of hydrogen-bond donors (Lipinski definition) is 3. The van der Waals surface area contributed by atoms with Crippen molar-refractivity contribution in [3.63, 3.8) is 0 Å². The van der Waals surface area contributed by atoms with E-state index in [1.165, 1.54) is 16.3 Å². The van der Waals surface area contributed by atoms with E-state index in [4.69, 9.17) is 0 Å². The molecule has 148 valence electrons. The minimum Gasteiger partial charge on any atom is -0.357 e. The number of aliphatic imine (C=N–C) groups is 1. The van der Waals surface area contributed by atoms with Gasteiger partial charge in [0.15, 0.2) is 5.96 Å². The summed E-state index contributed by atoms with van der Waals surface area (Å²) < 4.78 is 0. The number of nitrogens with one attached hydrogen (secondary N) is 3. The Labute approximate surface area is 179 Å². The average Bonchev–Trinajstić information content (AvgIpc) is 2.64. The first-order valence-corrected chi connectivity index (χ1v) is 9.33. The maximum absolute atomic E-state index is 11.6. The van der Waals surface area contributed by atoms with Gasteiger partial charge in [0.25, 0.3) is 0 Å². The third-order valence-corrected chi connectivity index (χ3v) is 4.19. The van der Waals surface area contributed by atoms with Crippen molar-refractivity contribution in [1.82, 2.24) is 16.0 Å². The zero-order valence-electron chi connectivity index (χ0n) is 16.6. The summed E-state index contributed by atoms with van der Waals surface area (Å²) in [6.45, 7) is 9.81. The molecule has 0 bridgehead atoms. The van der Waals surface area contributed by atoms with Crippen LogP contribution in [0.4, 0.5) is 0 Å². The predicted octanol–water partition coefficient (Wildman–Crippen LogP) is 3.85. The summed E-state index contributed by atoms with van der Waals surface area (Å²) in [4.78, 5) is 16.2. The number of carbonyl (C=O) groups excluding carboxylic acids is 1. The summed E-state index contributed by atoms with van der Waals surface area (Å²) in [6.07, 6.45) is 0. The van der Waals surface area contributed by atoms with Gasteiger partial charge in [-0.25, -0.2) is 0 Å². The van der Waals surface area contributed by atoms with E-state index in [1.54, 1.807) is 0 Å². The number of fused-ring (bicyclic) bond motifs is 1. The van der Waals surface area contributed by atoms with Crippen molar-refractivity contribution in [2.75, 3.05) is 19.6 Å². The van der Waals surface area contributed by atoms with Crippen LogP contribution in [0.3, 0.4) is 0 Å². The predicted molar refractivity (Wildman–Crippen MR) is 125 cm³/mol. The molecule has 1 atom stereocenters. The molecule has 0 aliphatic rings. The standard InChI is InChI=1S/C21H30N4O.HI/c1-5-22-21(24-14-13-23-20(26)15(2)3)25-16(4)18-12-8-10-17-9-6-7-11-19(17)18;/h6-12,15-16H,5,13-14H2,1-4H3,(H,23,26)(H2,22,24,25);1H. The molecule has 0 aromatic heterocycles. The first-order chi connectivity index (χ1) is 12.5. The van der Waals surface area contributed by atoms with Gasteiger partial charge < -0.3 is 16.0 Å². The second-order valence-electron chi connectivity index (χ2n) is 6.64. The Bertz CT molecular complexity index is 755. The first-order valence-electron chi connectivity index (χ1n) is 9.33. The number of hydrogen-bond acceptors (Lipinski definition) is 2. The monoisotopic (exact) mass is 482 g/mol. The van der Waals surface area contributed by atoms with Gasteiger partial charge in [0.2, 0.25) is 5.91 Å². The normalized spacial score (nSPS) is 12.4. The lowest BCUT2D eigenvalue weighted by Crippen LogP contribution is -2.39. The highest BCUT2D eigenvalue weighted by Crippen LogP contribution is 2.23. The average molecular weight is 482 g/mol. The number of nitrogens with zero attached hydrogens (tertiary/aromatic N) is 1. The Morgan fingerprint density at radius 3 is 2.44 bits per heavy atom. The molecular formula is C21H31IN4O. The van der Waals surface area contributed by atoms with Gasteiger partial charge in [-0.2, -0.15) is 0 Å². The summed E-state index contributed by atoms with van der Waals surface area (Å²) in [5.41, 5.74) is 1.24. The Morgan fingerprint density at radius 1 is 1.04 bits per heavy atom. The van der Waals surface area contributed by atoms with Crippen LogP contribution in [-0.4, -0.2) is 31.5 Å². The van der Waals surface area contributed by atoms with E-state index in [-0.39, 0.29) is 41.8 Å². The Morgan fingerprint density at radius 2 is 1.74 bits per heavy atom. The van der Waals surface area contributed by atoms with Gasteiger partial charge in [-0.1, -0.05) is 56.3 Å². The molecule has 0 radical (unpaired) electrons. The van der Waals surface area contributed by atoms with Crippen molar-refractivity contribution in [1.29, 1.82) is 0 Å². The highest BCUT2D eigenvalue weighted by atomic mass is 127. The Kier molecular flexibility index (Phi) is 10.1. The second-order valence-corrected chi connectivity index (χ2v) is 6.64. The van der Waals surface area contributed by atoms with Gasteiger partial charge in [-0.3, -0.25) is 9.79 Å². The summed E-state index contributed by atoms with van der Waals surface area (Å²) in [7, 11) is 0. The fraction of sp³-hybridized carbons (Fsp3) is 0.429. The van der Waals surface area contributed by atoms with Crippen LogP contribution in [0.15, 0.2) is 47.5 Å². The van der Waals surface area contributed by atoms with Crippen LogP contribution in [-0.2, 0) is 4.79 Å². The van der Waals surface area contributed by atoms with Crippen LogP contribution in [0.25, 0.3) is 10.8 Å². The third kappa shape index (κ3) is 7.01. The molecule has 3 N–H and O–H groups in total. The number of rotatable bonds is 7. The molecule has 2 aromatic rings. The SMILES string of the molecule is CCNC(=NCCNC(=O)C(C)C)NC(C)c1cccc2ccccc12.I. The summed E-state index contributed by atoms with van der Waals surface area (Å²) in [5.74, 6) is 0.811. The quantitative estimate of drug-likeness (QED) is 0.243. The fourth-order valence-electron chi connectivity index (χ4n) is 2.78. The molecule has 1 amide bonds. The van der Waals surface area contributed by atoms with E-state index >= 15 is 0 Å². The van der Waals surface area contributed by atoms with Crippen molar-refractivity contribution >= 4 is 46.6 Å². The van der Waals surface area contributed by atoms with Crippen LogP contribution in [0.2, 0.25) is 0 Å². The number of benzene rings is 2. The molecular weight excluding hydrogens is 451 g/mol. The molecule has 2 rings (SSSR count). The van der Waals surface area contributed by atoms with Gasteiger partial charge in [-0.05, 0) is 30.2 Å². The molecule has 0 aliphatic carbocycles. The highest BCUT2D eigenvalue weighted by molar-refractivity contribution is 14.0. The molecule has 0 spiro atoms. The van der Waals surface area contributed by atoms with E-state index < -0.39 is 0 Å². The van der Waals surface area contributed by atoms with E-state index in [9.17, 15) is 4.79 Å². The maximum atomic E-state index is 11.6. The van der Waals surface area contributed by atoms with E-state index in [0.717, 1.165) is 12.5 Å². The molecule has 2 aromatic carbocycles. The van der Waals surface area contributed by atoms with Crippen molar-refractivity contribution in [3.8, 4) is 0 Å². The molecule has 0 saturated heterocycles. The Hall–Kier alpha value is -1.83. The van der Waals surface area contributed by atoms with Gasteiger partial charge in [0.05, 0.1) is 12.6 Å². The summed E-state index contributed by atoms with van der Waals surface area (Å²) in [6, 6.07) is 14.9. The first kappa shape index (κ1) is 23.2. The van der Waals surface area contributed by atoms with Crippen LogP contribution in [0.1, 0.15) is 39.3 Å². The number of amides is 1. The molecule has 6 heteroatoms. The van der Waals surface area contributed by atoms with Crippen LogP contribution in [0.5, 0.6) is 0 Å². The van der Waals surface area contributed by atoms with Crippen molar-refractivity contribution < 1.29 is 4.79 Å². The number of halogens is 1. The highest BCUT2D eigenvalue weighted by Gasteiger charge is 2.11. The molecule has 27 heavy (non-hydrogen) atoms. The van der Waals surface area contributed by atoms with Gasteiger partial charge in [-0.15, -0.1) is 24.0 Å². The lowest BCUT2D eigenvalue weighted by molar-refractivity contribution is -0.123. The van der Waals surface area contributed by atoms with Crippen molar-refractivity contribution in [2.24, 2.45) is 10.9 Å². The molecule has 1 unspecified atom stereocenters. The largest absolute Gasteiger partial charge is 0.357 e. The van der Waals surface area contributed by atoms with Crippen LogP contribution < -0.4 is 16.0 Å². The van der Waals surface area contributed by atoms with Crippen LogP contribution >= 0.6 is 24.0 Å². The van der Waals surface area contributed by atoms with Crippen LogP contribution in [0, 0.1) is 5.92 Å². The summed E-state index contributed by atoms with van der Waals surface area (Å²) >= 11 is 0. The topological polar surface area (TPSA) is 65.5 Å². The number of guanidine groups is 1. The summed E-state index contributed by atoms with van der Waals surface area (Å²) in [5, 5.41) is 12.1. The molecule has 5 nitrogen and oxygen atoms in total. The molecule has 0 saturated carbocycles.